The summed E-state index contributed by atoms with van der Waals surface area (Å²) in [5.41, 5.74) is 5.55. The van der Waals surface area contributed by atoms with E-state index in [9.17, 15) is 0 Å². The molecule has 0 aliphatic heterocycles. The van der Waals surface area contributed by atoms with E-state index in [2.05, 4.69) is 23.8 Å². The van der Waals surface area contributed by atoms with Crippen molar-refractivity contribution in [3.63, 3.8) is 0 Å². The van der Waals surface area contributed by atoms with Crippen LogP contribution >= 0.6 is 0 Å². The van der Waals surface area contributed by atoms with E-state index >= 15 is 0 Å². The molecule has 4 nitrogen and oxygen atoms in total. The van der Waals surface area contributed by atoms with E-state index in [1.807, 2.05) is 0 Å². The molecule has 0 aliphatic carbocycles. The van der Waals surface area contributed by atoms with Crippen LogP contribution < -0.4 is 10.5 Å². The summed E-state index contributed by atoms with van der Waals surface area (Å²) >= 11 is 0. The average Bonchev–Trinajstić information content (AvgIpc) is 2.29. The van der Waals surface area contributed by atoms with Gasteiger partial charge in [0, 0.05) is 6.07 Å². The first-order chi connectivity index (χ1) is 7.76. The fourth-order valence-corrected chi connectivity index (χ4v) is 1.53. The Morgan fingerprint density at radius 3 is 2.81 bits per heavy atom. The molecule has 0 aromatic carbocycles. The Hall–Kier alpha value is -1.32. The number of nitrogen functional groups attached to an aromatic ring is 1. The van der Waals surface area contributed by atoms with Crippen molar-refractivity contribution in [2.24, 2.45) is 5.92 Å². The lowest BCUT2D eigenvalue weighted by Crippen LogP contribution is -2.12. The van der Waals surface area contributed by atoms with Crippen LogP contribution in [0.5, 0.6) is 5.88 Å². The summed E-state index contributed by atoms with van der Waals surface area (Å²) in [6, 6.07) is 1.66. The molecule has 4 heteroatoms. The molecular formula is C12H21N3O. The minimum absolute atomic E-state index is 0.451. The number of aromatic nitrogens is 2. The van der Waals surface area contributed by atoms with Crippen molar-refractivity contribution < 1.29 is 4.74 Å². The van der Waals surface area contributed by atoms with Crippen LogP contribution in [-0.4, -0.2) is 16.6 Å². The molecule has 1 rings (SSSR count). The lowest BCUT2D eigenvalue weighted by molar-refractivity contribution is 0.225. The van der Waals surface area contributed by atoms with Gasteiger partial charge in [0.15, 0.2) is 0 Å². The second kappa shape index (κ2) is 7.04. The van der Waals surface area contributed by atoms with Gasteiger partial charge >= 0.3 is 0 Å². The van der Waals surface area contributed by atoms with Gasteiger partial charge in [0.2, 0.25) is 5.88 Å². The van der Waals surface area contributed by atoms with Gasteiger partial charge in [0.05, 0.1) is 6.61 Å². The molecule has 0 amide bonds. The fraction of sp³-hybridized carbons (Fsp3) is 0.667. The minimum atomic E-state index is 0.451. The topological polar surface area (TPSA) is 61.0 Å². The number of anilines is 1. The molecule has 1 atom stereocenters. The first kappa shape index (κ1) is 12.7. The van der Waals surface area contributed by atoms with Crippen LogP contribution in [0.25, 0.3) is 0 Å². The maximum atomic E-state index is 5.61. The van der Waals surface area contributed by atoms with Gasteiger partial charge in [-0.1, -0.05) is 33.1 Å². The number of rotatable bonds is 7. The molecule has 0 saturated carbocycles. The molecule has 2 N–H and O–H groups in total. The molecule has 1 unspecified atom stereocenters. The third-order valence-electron chi connectivity index (χ3n) is 2.67. The Morgan fingerprint density at radius 1 is 1.38 bits per heavy atom. The van der Waals surface area contributed by atoms with Crippen LogP contribution in [0.4, 0.5) is 5.82 Å². The molecule has 0 saturated heterocycles. The maximum absolute atomic E-state index is 5.61. The van der Waals surface area contributed by atoms with Crippen LogP contribution in [0.3, 0.4) is 0 Å². The lowest BCUT2D eigenvalue weighted by atomic mass is 10.0. The largest absolute Gasteiger partial charge is 0.477 e. The normalized spacial score (nSPS) is 12.4. The summed E-state index contributed by atoms with van der Waals surface area (Å²) in [7, 11) is 0. The molecule has 1 aromatic rings. The maximum Gasteiger partial charge on any atom is 0.218 e. The summed E-state index contributed by atoms with van der Waals surface area (Å²) in [4.78, 5) is 7.84. The number of ether oxygens (including phenoxy) is 1. The Labute approximate surface area is 97.2 Å². The fourth-order valence-electron chi connectivity index (χ4n) is 1.53. The Kier molecular flexibility index (Phi) is 5.61. The molecular weight excluding hydrogens is 202 g/mol. The zero-order valence-corrected chi connectivity index (χ0v) is 10.1. The quantitative estimate of drug-likeness (QED) is 0.772. The number of hydrogen-bond acceptors (Lipinski definition) is 4. The molecule has 90 valence electrons. The molecule has 0 fully saturated rings. The zero-order valence-electron chi connectivity index (χ0n) is 10.1. The molecule has 1 aromatic heterocycles. The Bertz CT molecular complexity index is 304. The van der Waals surface area contributed by atoms with Crippen molar-refractivity contribution in [2.45, 2.75) is 39.5 Å². The van der Waals surface area contributed by atoms with Gasteiger partial charge < -0.3 is 10.5 Å². The summed E-state index contributed by atoms with van der Waals surface area (Å²) < 4.78 is 5.61. The monoisotopic (exact) mass is 223 g/mol. The van der Waals surface area contributed by atoms with Crippen LogP contribution in [-0.2, 0) is 0 Å². The highest BCUT2D eigenvalue weighted by atomic mass is 16.5. The van der Waals surface area contributed by atoms with Crippen molar-refractivity contribution in [3.05, 3.63) is 12.4 Å². The summed E-state index contributed by atoms with van der Waals surface area (Å²) in [5.74, 6) is 1.63. The van der Waals surface area contributed by atoms with Crippen LogP contribution in [0.15, 0.2) is 12.4 Å². The Balaban J connectivity index is 2.37. The van der Waals surface area contributed by atoms with Crippen molar-refractivity contribution >= 4 is 5.82 Å². The molecule has 16 heavy (non-hydrogen) atoms. The second-order valence-corrected chi connectivity index (χ2v) is 4.01. The van der Waals surface area contributed by atoms with E-state index in [-0.39, 0.29) is 0 Å². The van der Waals surface area contributed by atoms with Crippen LogP contribution in [0.1, 0.15) is 39.5 Å². The van der Waals surface area contributed by atoms with Crippen molar-refractivity contribution in [3.8, 4) is 5.88 Å². The third-order valence-corrected chi connectivity index (χ3v) is 2.67. The van der Waals surface area contributed by atoms with Gasteiger partial charge in [-0.2, -0.15) is 0 Å². The van der Waals surface area contributed by atoms with E-state index in [1.165, 1.54) is 25.6 Å². The summed E-state index contributed by atoms with van der Waals surface area (Å²) in [5, 5.41) is 0. The smallest absolute Gasteiger partial charge is 0.218 e. The molecule has 0 spiro atoms. The van der Waals surface area contributed by atoms with Crippen molar-refractivity contribution in [2.75, 3.05) is 12.3 Å². The number of hydrogen-bond donors (Lipinski definition) is 1. The predicted octanol–water partition coefficient (Wildman–Crippen LogP) is 2.65. The standard InChI is InChI=1S/C12H21N3O/c1-3-5-6-10(4-2)8-16-12-7-11(13)14-9-15-12/h7,9-10H,3-6,8H2,1-2H3,(H2,13,14,15). The SMILES string of the molecule is CCCCC(CC)COc1cc(N)ncn1. The van der Waals surface area contributed by atoms with Gasteiger partial charge in [-0.05, 0) is 12.3 Å². The van der Waals surface area contributed by atoms with Gasteiger partial charge in [-0.15, -0.1) is 0 Å². The average molecular weight is 223 g/mol. The third kappa shape index (κ3) is 4.47. The predicted molar refractivity (Wildman–Crippen MR) is 65.2 cm³/mol. The van der Waals surface area contributed by atoms with Gasteiger partial charge in [0.25, 0.3) is 0 Å². The molecule has 0 bridgehead atoms. The molecule has 0 aliphatic rings. The summed E-state index contributed by atoms with van der Waals surface area (Å²) in [6.07, 6.45) is 6.27. The van der Waals surface area contributed by atoms with Crippen LogP contribution in [0.2, 0.25) is 0 Å². The minimum Gasteiger partial charge on any atom is -0.477 e. The van der Waals surface area contributed by atoms with E-state index in [0.29, 0.717) is 24.2 Å². The van der Waals surface area contributed by atoms with Crippen molar-refractivity contribution in [1.29, 1.82) is 0 Å². The molecule has 0 radical (unpaired) electrons. The zero-order chi connectivity index (χ0) is 11.8. The Morgan fingerprint density at radius 2 is 2.19 bits per heavy atom. The second-order valence-electron chi connectivity index (χ2n) is 4.01. The van der Waals surface area contributed by atoms with Gasteiger partial charge in [-0.25, -0.2) is 9.97 Å². The highest BCUT2D eigenvalue weighted by Gasteiger charge is 2.07. The first-order valence-corrected chi connectivity index (χ1v) is 5.96. The van der Waals surface area contributed by atoms with Crippen molar-refractivity contribution in [1.82, 2.24) is 9.97 Å². The number of nitrogens with two attached hydrogens (primary N) is 1. The van der Waals surface area contributed by atoms with Gasteiger partial charge in [-0.3, -0.25) is 0 Å². The lowest BCUT2D eigenvalue weighted by Gasteiger charge is -2.14. The number of nitrogens with zero attached hydrogens (tertiary/aromatic N) is 2. The van der Waals surface area contributed by atoms with E-state index in [4.69, 9.17) is 10.5 Å². The highest BCUT2D eigenvalue weighted by molar-refractivity contribution is 5.30. The summed E-state index contributed by atoms with van der Waals surface area (Å²) in [6.45, 7) is 5.11. The van der Waals surface area contributed by atoms with Crippen LogP contribution in [0, 0.1) is 5.92 Å². The van der Waals surface area contributed by atoms with Gasteiger partial charge in [0.1, 0.15) is 12.1 Å². The van der Waals surface area contributed by atoms with E-state index < -0.39 is 0 Å². The van der Waals surface area contributed by atoms with E-state index in [1.54, 1.807) is 6.07 Å². The number of unbranched alkanes of at least 4 members (excludes halogenated alkanes) is 1. The first-order valence-electron chi connectivity index (χ1n) is 5.96. The highest BCUT2D eigenvalue weighted by Crippen LogP contribution is 2.15. The molecule has 1 heterocycles. The van der Waals surface area contributed by atoms with E-state index in [0.717, 1.165) is 6.42 Å².